The van der Waals surface area contributed by atoms with Crippen molar-refractivity contribution in [1.29, 1.82) is 0 Å². The van der Waals surface area contributed by atoms with E-state index in [1.807, 2.05) is 0 Å². The van der Waals surface area contributed by atoms with Crippen LogP contribution in [0.2, 0.25) is 0 Å². The predicted molar refractivity (Wildman–Crippen MR) is 54.1 cm³/mol. The molecular formula is C9H18ClNO2. The minimum atomic E-state index is -0.646. The van der Waals surface area contributed by atoms with Gasteiger partial charge in [0.15, 0.2) is 0 Å². The molecule has 0 saturated heterocycles. The molecule has 3 N–H and O–H groups in total. The van der Waals surface area contributed by atoms with Crippen LogP contribution in [0, 0.1) is 5.41 Å². The monoisotopic (exact) mass is 207 g/mol. The van der Waals surface area contributed by atoms with Crippen molar-refractivity contribution in [3.05, 3.63) is 0 Å². The molecule has 2 fully saturated rings. The fraction of sp³-hybridized carbons (Fsp3) is 0.889. The molecular weight excluding hydrogens is 190 g/mol. The first-order valence-corrected chi connectivity index (χ1v) is 4.38. The zero-order chi connectivity index (χ0) is 9.41. The molecule has 0 aliphatic heterocycles. The minimum Gasteiger partial charge on any atom is -0.481 e. The lowest BCUT2D eigenvalue weighted by atomic mass is 10.2. The lowest BCUT2D eigenvalue weighted by Gasteiger charge is -1.94. The van der Waals surface area contributed by atoms with Crippen LogP contribution in [0.25, 0.3) is 0 Å². The van der Waals surface area contributed by atoms with Gasteiger partial charge in [0, 0.05) is 5.54 Å². The lowest BCUT2D eigenvalue weighted by molar-refractivity contribution is -0.142. The SMILES string of the molecule is CC1(C(=O)O)CC1.CC1(N)CC1.Cl. The van der Waals surface area contributed by atoms with Gasteiger partial charge >= 0.3 is 5.97 Å². The molecule has 0 amide bonds. The summed E-state index contributed by atoms with van der Waals surface area (Å²) in [7, 11) is 0. The molecule has 2 saturated carbocycles. The molecule has 0 unspecified atom stereocenters. The summed E-state index contributed by atoms with van der Waals surface area (Å²) in [6.45, 7) is 3.85. The standard InChI is InChI=1S/C5H8O2.C4H9N.ClH/c1-5(2-3-5)4(6)7;1-4(5)2-3-4;/h2-3H2,1H3,(H,6,7);2-3,5H2,1H3;1H. The van der Waals surface area contributed by atoms with Crippen molar-refractivity contribution in [2.75, 3.05) is 0 Å². The van der Waals surface area contributed by atoms with Crippen LogP contribution in [0.4, 0.5) is 0 Å². The third kappa shape index (κ3) is 4.48. The summed E-state index contributed by atoms with van der Waals surface area (Å²) in [5.74, 6) is -0.646. The molecule has 0 aromatic heterocycles. The Balaban J connectivity index is 0.000000215. The highest BCUT2D eigenvalue weighted by atomic mass is 35.5. The Morgan fingerprint density at radius 3 is 1.54 bits per heavy atom. The van der Waals surface area contributed by atoms with Crippen LogP contribution in [-0.4, -0.2) is 16.6 Å². The van der Waals surface area contributed by atoms with Gasteiger partial charge in [-0.3, -0.25) is 4.79 Å². The first-order valence-electron chi connectivity index (χ1n) is 4.38. The maximum atomic E-state index is 10.1. The second kappa shape index (κ2) is 3.84. The van der Waals surface area contributed by atoms with Crippen LogP contribution < -0.4 is 5.73 Å². The van der Waals surface area contributed by atoms with Gasteiger partial charge in [0.25, 0.3) is 0 Å². The van der Waals surface area contributed by atoms with Crippen molar-refractivity contribution >= 4 is 18.4 Å². The Morgan fingerprint density at radius 1 is 1.23 bits per heavy atom. The highest BCUT2D eigenvalue weighted by Gasteiger charge is 2.44. The molecule has 78 valence electrons. The topological polar surface area (TPSA) is 63.3 Å². The van der Waals surface area contributed by atoms with Crippen molar-refractivity contribution in [1.82, 2.24) is 0 Å². The molecule has 0 radical (unpaired) electrons. The molecule has 2 aliphatic carbocycles. The zero-order valence-corrected chi connectivity index (χ0v) is 8.99. The Bertz CT molecular complexity index is 194. The molecule has 2 aliphatic rings. The number of hydrogen-bond donors (Lipinski definition) is 2. The third-order valence-corrected chi connectivity index (χ3v) is 2.55. The Morgan fingerprint density at radius 2 is 1.54 bits per heavy atom. The first-order chi connectivity index (χ1) is 5.36. The maximum absolute atomic E-state index is 10.1. The van der Waals surface area contributed by atoms with Crippen LogP contribution in [-0.2, 0) is 4.79 Å². The average molecular weight is 208 g/mol. The van der Waals surface area contributed by atoms with Gasteiger partial charge in [-0.05, 0) is 39.5 Å². The molecule has 13 heavy (non-hydrogen) atoms. The van der Waals surface area contributed by atoms with Crippen LogP contribution in [0.15, 0.2) is 0 Å². The molecule has 0 spiro atoms. The summed E-state index contributed by atoms with van der Waals surface area (Å²) in [4.78, 5) is 10.1. The van der Waals surface area contributed by atoms with E-state index < -0.39 is 5.97 Å². The lowest BCUT2D eigenvalue weighted by Crippen LogP contribution is -2.14. The van der Waals surface area contributed by atoms with Crippen molar-refractivity contribution in [3.63, 3.8) is 0 Å². The van der Waals surface area contributed by atoms with E-state index in [-0.39, 0.29) is 23.4 Å². The fourth-order valence-electron chi connectivity index (χ4n) is 0.599. The zero-order valence-electron chi connectivity index (χ0n) is 8.17. The molecule has 0 aromatic carbocycles. The number of nitrogens with two attached hydrogens (primary N) is 1. The summed E-state index contributed by atoms with van der Waals surface area (Å²) >= 11 is 0. The smallest absolute Gasteiger partial charge is 0.309 e. The van der Waals surface area contributed by atoms with Crippen molar-refractivity contribution < 1.29 is 9.90 Å². The van der Waals surface area contributed by atoms with Crippen LogP contribution >= 0.6 is 12.4 Å². The molecule has 4 heteroatoms. The first kappa shape index (κ1) is 12.7. The highest BCUT2D eigenvalue weighted by molar-refractivity contribution is 5.85. The summed E-state index contributed by atoms with van der Waals surface area (Å²) in [6.07, 6.45) is 4.19. The van der Waals surface area contributed by atoms with E-state index >= 15 is 0 Å². The maximum Gasteiger partial charge on any atom is 0.309 e. The van der Waals surface area contributed by atoms with Gasteiger partial charge in [-0.25, -0.2) is 0 Å². The van der Waals surface area contributed by atoms with E-state index in [9.17, 15) is 4.79 Å². The van der Waals surface area contributed by atoms with Gasteiger partial charge in [0.05, 0.1) is 5.41 Å². The van der Waals surface area contributed by atoms with Crippen molar-refractivity contribution in [2.45, 2.75) is 45.1 Å². The van der Waals surface area contributed by atoms with E-state index in [1.165, 1.54) is 12.8 Å². The summed E-state index contributed by atoms with van der Waals surface area (Å²) in [5, 5.41) is 8.31. The number of aliphatic carboxylic acids is 1. The quantitative estimate of drug-likeness (QED) is 0.689. The van der Waals surface area contributed by atoms with Crippen LogP contribution in [0.1, 0.15) is 39.5 Å². The largest absolute Gasteiger partial charge is 0.481 e. The normalized spacial score (nSPS) is 24.5. The van der Waals surface area contributed by atoms with Gasteiger partial charge in [0.1, 0.15) is 0 Å². The second-order valence-corrected chi connectivity index (χ2v) is 4.52. The fourth-order valence-corrected chi connectivity index (χ4v) is 0.599. The number of rotatable bonds is 1. The third-order valence-electron chi connectivity index (χ3n) is 2.55. The Hall–Kier alpha value is -0.280. The highest BCUT2D eigenvalue weighted by Crippen LogP contribution is 2.44. The van der Waals surface area contributed by atoms with Crippen molar-refractivity contribution in [2.24, 2.45) is 11.1 Å². The van der Waals surface area contributed by atoms with Gasteiger partial charge in [0.2, 0.25) is 0 Å². The van der Waals surface area contributed by atoms with Gasteiger partial charge in [-0.15, -0.1) is 12.4 Å². The number of carboxylic acids is 1. The number of carboxylic acid groups (broad SMARTS) is 1. The molecule has 2 rings (SSSR count). The molecule has 3 nitrogen and oxygen atoms in total. The van der Waals surface area contributed by atoms with E-state index in [4.69, 9.17) is 10.8 Å². The summed E-state index contributed by atoms with van der Waals surface area (Å²) < 4.78 is 0. The molecule has 0 aromatic rings. The number of halogens is 1. The molecule has 0 bridgehead atoms. The van der Waals surface area contributed by atoms with E-state index in [1.54, 1.807) is 6.92 Å². The van der Waals surface area contributed by atoms with Gasteiger partial charge in [-0.2, -0.15) is 0 Å². The molecule has 0 atom stereocenters. The Labute approximate surface area is 85.1 Å². The minimum absolute atomic E-state index is 0. The number of carbonyl (C=O) groups is 1. The van der Waals surface area contributed by atoms with Crippen LogP contribution in [0.5, 0.6) is 0 Å². The van der Waals surface area contributed by atoms with Gasteiger partial charge in [-0.1, -0.05) is 0 Å². The molecule has 0 heterocycles. The Kier molecular flexibility index (Phi) is 3.76. The number of hydrogen-bond acceptors (Lipinski definition) is 2. The summed E-state index contributed by atoms with van der Waals surface area (Å²) in [5.41, 5.74) is 5.38. The van der Waals surface area contributed by atoms with Crippen molar-refractivity contribution in [3.8, 4) is 0 Å². The van der Waals surface area contributed by atoms with E-state index in [0.29, 0.717) is 0 Å². The predicted octanol–water partition coefficient (Wildman–Crippen LogP) is 1.79. The van der Waals surface area contributed by atoms with Crippen LogP contribution in [0.3, 0.4) is 0 Å². The van der Waals surface area contributed by atoms with E-state index in [2.05, 4.69) is 6.92 Å². The average Bonchev–Trinajstić information content (AvgIpc) is 2.78. The van der Waals surface area contributed by atoms with Gasteiger partial charge < -0.3 is 10.8 Å². The van der Waals surface area contributed by atoms with E-state index in [0.717, 1.165) is 12.8 Å². The summed E-state index contributed by atoms with van der Waals surface area (Å²) in [6, 6.07) is 0. The second-order valence-electron chi connectivity index (χ2n) is 4.52.